The van der Waals surface area contributed by atoms with Crippen LogP contribution < -0.4 is 5.32 Å². The molecular weight excluding hydrogens is 202 g/mol. The highest BCUT2D eigenvalue weighted by Crippen LogP contribution is 2.02. The molecule has 0 fully saturated rings. The predicted octanol–water partition coefficient (Wildman–Crippen LogP) is 1.68. The van der Waals surface area contributed by atoms with Crippen molar-refractivity contribution in [1.82, 2.24) is 10.3 Å². The zero-order valence-electron chi connectivity index (χ0n) is 9.36. The number of nitrogens with one attached hydrogen (secondary N) is 1. The van der Waals surface area contributed by atoms with Crippen molar-refractivity contribution in [1.29, 1.82) is 5.26 Å². The second-order valence-corrected chi connectivity index (χ2v) is 3.48. The number of rotatable bonds is 5. The summed E-state index contributed by atoms with van der Waals surface area (Å²) in [6.45, 7) is 2.76. The average Bonchev–Trinajstić information content (AvgIpc) is 2.30. The number of aromatic nitrogens is 1. The van der Waals surface area contributed by atoms with Gasteiger partial charge in [0.15, 0.2) is 0 Å². The molecule has 1 amide bonds. The van der Waals surface area contributed by atoms with Crippen molar-refractivity contribution >= 4 is 5.91 Å². The first-order valence-corrected chi connectivity index (χ1v) is 5.38. The van der Waals surface area contributed by atoms with Gasteiger partial charge in [-0.3, -0.25) is 9.78 Å². The number of carbonyl (C=O) groups excluding carboxylic acids is 1. The minimum atomic E-state index is -0.102. The van der Waals surface area contributed by atoms with E-state index in [4.69, 9.17) is 5.26 Å². The van der Waals surface area contributed by atoms with Crippen LogP contribution in [-0.4, -0.2) is 17.4 Å². The molecule has 0 aromatic carbocycles. The van der Waals surface area contributed by atoms with Crippen LogP contribution in [0.15, 0.2) is 18.3 Å². The molecule has 1 aromatic heterocycles. The molecule has 4 heteroatoms. The summed E-state index contributed by atoms with van der Waals surface area (Å²) in [5.41, 5.74) is 1.20. The van der Waals surface area contributed by atoms with Gasteiger partial charge in [-0.2, -0.15) is 5.26 Å². The van der Waals surface area contributed by atoms with Crippen molar-refractivity contribution in [3.63, 3.8) is 0 Å². The molecule has 0 unspecified atom stereocenters. The Morgan fingerprint density at radius 1 is 1.62 bits per heavy atom. The normalized spacial score (nSPS) is 9.50. The van der Waals surface area contributed by atoms with Crippen LogP contribution in [-0.2, 0) is 6.42 Å². The lowest BCUT2D eigenvalue weighted by atomic mass is 10.2. The Morgan fingerprint density at radius 3 is 3.12 bits per heavy atom. The first-order chi connectivity index (χ1) is 7.77. The molecule has 0 spiro atoms. The fourth-order valence-electron chi connectivity index (χ4n) is 1.28. The summed E-state index contributed by atoms with van der Waals surface area (Å²) in [5, 5.41) is 11.4. The van der Waals surface area contributed by atoms with Gasteiger partial charge in [0.1, 0.15) is 0 Å². The van der Waals surface area contributed by atoms with Gasteiger partial charge in [-0.15, -0.1) is 0 Å². The Kier molecular flexibility index (Phi) is 5.00. The second-order valence-electron chi connectivity index (χ2n) is 3.48. The lowest BCUT2D eigenvalue weighted by molar-refractivity contribution is 0.0953. The van der Waals surface area contributed by atoms with Crippen LogP contribution in [0.4, 0.5) is 0 Å². The molecule has 0 radical (unpaired) electrons. The SMILES string of the molecule is CCCCNC(=O)c1ccnc(CC#N)c1. The van der Waals surface area contributed by atoms with Gasteiger partial charge < -0.3 is 5.32 Å². The highest BCUT2D eigenvalue weighted by atomic mass is 16.1. The minimum absolute atomic E-state index is 0.102. The van der Waals surface area contributed by atoms with Gasteiger partial charge in [-0.1, -0.05) is 13.3 Å². The van der Waals surface area contributed by atoms with E-state index in [9.17, 15) is 4.79 Å². The summed E-state index contributed by atoms with van der Waals surface area (Å²) in [6, 6.07) is 5.32. The summed E-state index contributed by atoms with van der Waals surface area (Å²) in [5.74, 6) is -0.102. The molecule has 0 aliphatic carbocycles. The molecule has 0 aliphatic heterocycles. The van der Waals surface area contributed by atoms with Crippen molar-refractivity contribution in [3.05, 3.63) is 29.6 Å². The number of amides is 1. The first kappa shape index (κ1) is 12.2. The number of pyridine rings is 1. The van der Waals surface area contributed by atoms with Crippen LogP contribution in [0.1, 0.15) is 35.8 Å². The monoisotopic (exact) mass is 217 g/mol. The van der Waals surface area contributed by atoms with Crippen molar-refractivity contribution in [2.75, 3.05) is 6.54 Å². The van der Waals surface area contributed by atoms with Crippen molar-refractivity contribution in [3.8, 4) is 6.07 Å². The van der Waals surface area contributed by atoms with Gasteiger partial charge in [0.25, 0.3) is 5.91 Å². The molecule has 1 aromatic rings. The summed E-state index contributed by atoms with van der Waals surface area (Å²) in [7, 11) is 0. The van der Waals surface area contributed by atoms with E-state index in [1.165, 1.54) is 0 Å². The lowest BCUT2D eigenvalue weighted by Gasteiger charge is -2.04. The summed E-state index contributed by atoms with van der Waals surface area (Å²) < 4.78 is 0. The third-order valence-corrected chi connectivity index (χ3v) is 2.15. The highest BCUT2D eigenvalue weighted by molar-refractivity contribution is 5.94. The fraction of sp³-hybridized carbons (Fsp3) is 0.417. The highest BCUT2D eigenvalue weighted by Gasteiger charge is 2.05. The first-order valence-electron chi connectivity index (χ1n) is 5.38. The minimum Gasteiger partial charge on any atom is -0.352 e. The number of hydrogen-bond acceptors (Lipinski definition) is 3. The molecule has 1 N–H and O–H groups in total. The Labute approximate surface area is 95.3 Å². The van der Waals surface area contributed by atoms with Gasteiger partial charge in [0.2, 0.25) is 0 Å². The van der Waals surface area contributed by atoms with Crippen LogP contribution in [0.2, 0.25) is 0 Å². The Hall–Kier alpha value is -1.89. The molecule has 0 saturated carbocycles. The third kappa shape index (κ3) is 3.70. The van der Waals surface area contributed by atoms with Gasteiger partial charge >= 0.3 is 0 Å². The van der Waals surface area contributed by atoms with Gasteiger partial charge in [0, 0.05) is 18.3 Å². The molecule has 84 valence electrons. The maximum atomic E-state index is 11.7. The van der Waals surface area contributed by atoms with Crippen LogP contribution in [0, 0.1) is 11.3 Å². The number of carbonyl (C=O) groups is 1. The Bertz CT molecular complexity index is 395. The molecule has 0 atom stereocenters. The van der Waals surface area contributed by atoms with Crippen LogP contribution >= 0.6 is 0 Å². The Balaban J connectivity index is 2.61. The van der Waals surface area contributed by atoms with E-state index in [1.807, 2.05) is 6.07 Å². The van der Waals surface area contributed by atoms with Crippen molar-refractivity contribution < 1.29 is 4.79 Å². The second kappa shape index (κ2) is 6.57. The van der Waals surface area contributed by atoms with Crippen molar-refractivity contribution in [2.45, 2.75) is 26.2 Å². The largest absolute Gasteiger partial charge is 0.352 e. The quantitative estimate of drug-likeness (QED) is 0.763. The lowest BCUT2D eigenvalue weighted by Crippen LogP contribution is -2.24. The average molecular weight is 217 g/mol. The van der Waals surface area contributed by atoms with Crippen LogP contribution in [0.3, 0.4) is 0 Å². The zero-order chi connectivity index (χ0) is 11.8. The number of nitrogens with zero attached hydrogens (tertiary/aromatic N) is 2. The maximum absolute atomic E-state index is 11.7. The molecule has 0 aliphatic rings. The molecule has 0 saturated heterocycles. The smallest absolute Gasteiger partial charge is 0.251 e. The third-order valence-electron chi connectivity index (χ3n) is 2.15. The molecule has 0 bridgehead atoms. The summed E-state index contributed by atoms with van der Waals surface area (Å²) in [4.78, 5) is 15.7. The number of unbranched alkanes of at least 4 members (excludes halogenated alkanes) is 1. The van der Waals surface area contributed by atoms with E-state index >= 15 is 0 Å². The Morgan fingerprint density at radius 2 is 2.44 bits per heavy atom. The van der Waals surface area contributed by atoms with E-state index in [-0.39, 0.29) is 12.3 Å². The van der Waals surface area contributed by atoms with Crippen LogP contribution in [0.5, 0.6) is 0 Å². The maximum Gasteiger partial charge on any atom is 0.251 e. The van der Waals surface area contributed by atoms with E-state index < -0.39 is 0 Å². The van der Waals surface area contributed by atoms with E-state index in [1.54, 1.807) is 18.3 Å². The van der Waals surface area contributed by atoms with Gasteiger partial charge in [0.05, 0.1) is 18.2 Å². The molecule has 1 heterocycles. The topological polar surface area (TPSA) is 65.8 Å². The van der Waals surface area contributed by atoms with E-state index in [0.29, 0.717) is 17.8 Å². The van der Waals surface area contributed by atoms with Crippen LogP contribution in [0.25, 0.3) is 0 Å². The molecule has 4 nitrogen and oxygen atoms in total. The summed E-state index contributed by atoms with van der Waals surface area (Å²) in [6.07, 6.45) is 3.82. The molecule has 16 heavy (non-hydrogen) atoms. The summed E-state index contributed by atoms with van der Waals surface area (Å²) >= 11 is 0. The standard InChI is InChI=1S/C12H15N3O/c1-2-3-7-15-12(16)10-5-8-14-11(9-10)4-6-13/h5,8-9H,2-4,7H2,1H3,(H,15,16). The van der Waals surface area contributed by atoms with Gasteiger partial charge in [-0.25, -0.2) is 0 Å². The molecule has 1 rings (SSSR count). The van der Waals surface area contributed by atoms with E-state index in [0.717, 1.165) is 12.8 Å². The number of nitriles is 1. The van der Waals surface area contributed by atoms with E-state index in [2.05, 4.69) is 17.2 Å². The molecular formula is C12H15N3O. The van der Waals surface area contributed by atoms with Gasteiger partial charge in [-0.05, 0) is 18.6 Å². The zero-order valence-corrected chi connectivity index (χ0v) is 9.36. The predicted molar refractivity (Wildman–Crippen MR) is 60.8 cm³/mol. The number of hydrogen-bond donors (Lipinski definition) is 1. The fourth-order valence-corrected chi connectivity index (χ4v) is 1.28. The van der Waals surface area contributed by atoms with Crippen molar-refractivity contribution in [2.24, 2.45) is 0 Å².